The molecular weight excluding hydrogens is 368 g/mol. The number of carbonyl (C=O) groups is 1. The van der Waals surface area contributed by atoms with E-state index in [4.69, 9.17) is 0 Å². The number of aromatic nitrogens is 6. The lowest BCUT2D eigenvalue weighted by Crippen LogP contribution is -2.29. The van der Waals surface area contributed by atoms with Crippen molar-refractivity contribution >= 4 is 5.91 Å². The summed E-state index contributed by atoms with van der Waals surface area (Å²) >= 11 is 0. The largest absolute Gasteiger partial charge is 0.341 e. The van der Waals surface area contributed by atoms with Crippen LogP contribution in [0.3, 0.4) is 0 Å². The minimum absolute atomic E-state index is 0.236. The van der Waals surface area contributed by atoms with E-state index in [0.29, 0.717) is 30.0 Å². The molecule has 1 atom stereocenters. The van der Waals surface area contributed by atoms with Gasteiger partial charge in [-0.15, -0.1) is 0 Å². The van der Waals surface area contributed by atoms with Crippen molar-refractivity contribution in [3.05, 3.63) is 47.4 Å². The summed E-state index contributed by atoms with van der Waals surface area (Å²) in [7, 11) is 1.66. The number of amides is 1. The Bertz CT molecular complexity index is 1050. The van der Waals surface area contributed by atoms with Crippen LogP contribution in [0, 0.1) is 6.92 Å². The van der Waals surface area contributed by atoms with Crippen LogP contribution in [0.15, 0.2) is 24.4 Å². The number of fused-ring (bicyclic) bond motifs is 1. The summed E-state index contributed by atoms with van der Waals surface area (Å²) in [5.41, 5.74) is 1.64. The average molecular weight is 387 g/mol. The van der Waals surface area contributed by atoms with Crippen molar-refractivity contribution in [2.45, 2.75) is 38.8 Å². The number of rotatable bonds is 4. The maximum absolute atomic E-state index is 13.6. The van der Waals surface area contributed by atoms with Crippen molar-refractivity contribution in [3.8, 4) is 11.3 Å². The van der Waals surface area contributed by atoms with Gasteiger partial charge in [-0.05, 0) is 31.5 Å². The lowest BCUT2D eigenvalue weighted by molar-refractivity contribution is 0.0128. The molecule has 146 valence electrons. The van der Waals surface area contributed by atoms with Gasteiger partial charge in [-0.1, -0.05) is 0 Å². The number of hydrogen-bond donors (Lipinski definition) is 1. The minimum atomic E-state index is -3.02. The number of nitrogens with zero attached hydrogens (tertiary/aromatic N) is 6. The van der Waals surface area contributed by atoms with Gasteiger partial charge in [-0.25, -0.2) is 9.67 Å². The molecule has 4 heterocycles. The third-order valence-corrected chi connectivity index (χ3v) is 4.68. The van der Waals surface area contributed by atoms with Crippen LogP contribution in [-0.4, -0.2) is 35.4 Å². The maximum Gasteiger partial charge on any atom is 0.289 e. The normalized spacial score (nSPS) is 16.2. The van der Waals surface area contributed by atoms with E-state index in [0.717, 1.165) is 12.6 Å². The zero-order valence-electron chi connectivity index (χ0n) is 15.6. The summed E-state index contributed by atoms with van der Waals surface area (Å²) in [5.74, 6) is -2.59. The molecule has 0 saturated heterocycles. The van der Waals surface area contributed by atoms with Gasteiger partial charge in [0.15, 0.2) is 0 Å². The van der Waals surface area contributed by atoms with Gasteiger partial charge in [0.05, 0.1) is 17.4 Å². The smallest absolute Gasteiger partial charge is 0.289 e. The van der Waals surface area contributed by atoms with Gasteiger partial charge < -0.3 is 5.32 Å². The molecule has 3 aromatic rings. The van der Waals surface area contributed by atoms with E-state index in [1.54, 1.807) is 24.7 Å². The van der Waals surface area contributed by atoms with Crippen LogP contribution in [0.25, 0.3) is 11.3 Å². The number of nitrogens with one attached hydrogen (secondary N) is 1. The molecule has 0 aliphatic carbocycles. The first kappa shape index (κ1) is 18.2. The minimum Gasteiger partial charge on any atom is -0.341 e. The molecule has 0 radical (unpaired) electrons. The van der Waals surface area contributed by atoms with Crippen LogP contribution in [-0.2, 0) is 19.5 Å². The second-order valence-electron chi connectivity index (χ2n) is 6.92. The fraction of sp³-hybridized carbons (Fsp3) is 0.389. The summed E-state index contributed by atoms with van der Waals surface area (Å²) in [6.45, 7) is 3.16. The molecule has 1 N–H and O–H groups in total. The van der Waals surface area contributed by atoms with Gasteiger partial charge >= 0.3 is 0 Å². The highest BCUT2D eigenvalue weighted by Gasteiger charge is 2.30. The van der Waals surface area contributed by atoms with Gasteiger partial charge in [0.1, 0.15) is 11.5 Å². The molecular formula is C18H19F2N7O. The quantitative estimate of drug-likeness (QED) is 0.742. The number of carbonyl (C=O) groups excluding carboxylic acids is 1. The molecule has 0 unspecified atom stereocenters. The molecule has 0 saturated carbocycles. The van der Waals surface area contributed by atoms with E-state index in [2.05, 4.69) is 25.5 Å². The van der Waals surface area contributed by atoms with Crippen LogP contribution in [0.5, 0.6) is 0 Å². The van der Waals surface area contributed by atoms with Crippen molar-refractivity contribution in [1.29, 1.82) is 0 Å². The van der Waals surface area contributed by atoms with E-state index in [9.17, 15) is 13.6 Å². The summed E-state index contributed by atoms with van der Waals surface area (Å²) in [5, 5.41) is 11.5. The molecule has 4 rings (SSSR count). The lowest BCUT2D eigenvalue weighted by Gasteiger charge is -2.11. The molecule has 8 nitrogen and oxygen atoms in total. The fourth-order valence-corrected chi connectivity index (χ4v) is 3.34. The van der Waals surface area contributed by atoms with Crippen molar-refractivity contribution in [2.75, 3.05) is 0 Å². The zero-order valence-corrected chi connectivity index (χ0v) is 15.6. The number of pyridine rings is 1. The molecule has 10 heteroatoms. The van der Waals surface area contributed by atoms with E-state index in [-0.39, 0.29) is 23.5 Å². The Kier molecular flexibility index (Phi) is 4.20. The van der Waals surface area contributed by atoms with Crippen molar-refractivity contribution in [3.63, 3.8) is 0 Å². The first-order valence-corrected chi connectivity index (χ1v) is 8.83. The summed E-state index contributed by atoms with van der Waals surface area (Å²) in [6, 6.07) is 4.56. The van der Waals surface area contributed by atoms with Crippen LogP contribution < -0.4 is 5.32 Å². The van der Waals surface area contributed by atoms with E-state index in [1.807, 2.05) is 6.07 Å². The fourth-order valence-electron chi connectivity index (χ4n) is 3.34. The molecule has 28 heavy (non-hydrogen) atoms. The summed E-state index contributed by atoms with van der Waals surface area (Å²) < 4.78 is 30.3. The third-order valence-electron chi connectivity index (χ3n) is 4.68. The van der Waals surface area contributed by atoms with Gasteiger partial charge in [0, 0.05) is 32.3 Å². The van der Waals surface area contributed by atoms with Crippen LogP contribution in [0.2, 0.25) is 0 Å². The Labute approximate surface area is 159 Å². The standard InChI is InChI=1S/C18H19F2N7O/c1-10-22-16(26(3)24-10)17(28)23-12-5-7-27-14(12)9-13(25-27)11-4-6-21-15(8-11)18(2,19)20/h4,6,8-9,12H,5,7H2,1-3H3,(H,23,28)/t12-/m0/s1. The molecule has 0 spiro atoms. The second kappa shape index (κ2) is 6.47. The van der Waals surface area contributed by atoms with Crippen LogP contribution in [0.1, 0.15) is 47.2 Å². The zero-order chi connectivity index (χ0) is 20.1. The highest BCUT2D eigenvalue weighted by atomic mass is 19.3. The van der Waals surface area contributed by atoms with Crippen LogP contribution >= 0.6 is 0 Å². The molecule has 0 aromatic carbocycles. The summed E-state index contributed by atoms with van der Waals surface area (Å²) in [6.07, 6.45) is 2.04. The van der Waals surface area contributed by atoms with E-state index in [1.165, 1.54) is 16.9 Å². The molecule has 1 aliphatic heterocycles. The highest BCUT2D eigenvalue weighted by Crippen LogP contribution is 2.32. The second-order valence-corrected chi connectivity index (χ2v) is 6.92. The Balaban J connectivity index is 1.58. The third kappa shape index (κ3) is 3.25. The average Bonchev–Trinajstić information content (AvgIpc) is 3.30. The molecule has 0 fully saturated rings. The number of hydrogen-bond acceptors (Lipinski definition) is 5. The van der Waals surface area contributed by atoms with Crippen molar-refractivity contribution in [1.82, 2.24) is 34.8 Å². The molecule has 1 amide bonds. The SMILES string of the molecule is Cc1nc(C(=O)N[C@H]2CCn3nc(-c4ccnc(C(C)(F)F)c4)cc32)n(C)n1. The lowest BCUT2D eigenvalue weighted by atomic mass is 10.1. The van der Waals surface area contributed by atoms with Gasteiger partial charge in [0.25, 0.3) is 11.8 Å². The predicted molar refractivity (Wildman–Crippen MR) is 95.6 cm³/mol. The van der Waals surface area contributed by atoms with Gasteiger partial charge in [-0.2, -0.15) is 19.0 Å². The maximum atomic E-state index is 13.6. The highest BCUT2D eigenvalue weighted by molar-refractivity contribution is 5.91. The van der Waals surface area contributed by atoms with Gasteiger partial charge in [-0.3, -0.25) is 14.5 Å². The van der Waals surface area contributed by atoms with Crippen molar-refractivity contribution in [2.24, 2.45) is 7.05 Å². The van der Waals surface area contributed by atoms with Crippen molar-refractivity contribution < 1.29 is 13.6 Å². The monoisotopic (exact) mass is 387 g/mol. The molecule has 3 aromatic heterocycles. The Hall–Kier alpha value is -3.17. The molecule has 0 bridgehead atoms. The first-order chi connectivity index (χ1) is 13.2. The van der Waals surface area contributed by atoms with Crippen LogP contribution in [0.4, 0.5) is 8.78 Å². The van der Waals surface area contributed by atoms with E-state index >= 15 is 0 Å². The topological polar surface area (TPSA) is 90.5 Å². The number of aryl methyl sites for hydroxylation is 3. The predicted octanol–water partition coefficient (Wildman–Crippen LogP) is 2.37. The summed E-state index contributed by atoms with van der Waals surface area (Å²) in [4.78, 5) is 20.4. The molecule has 1 aliphatic rings. The Morgan fingerprint density at radius 2 is 2.11 bits per heavy atom. The first-order valence-electron chi connectivity index (χ1n) is 8.83. The number of halogens is 2. The Morgan fingerprint density at radius 3 is 2.79 bits per heavy atom. The Morgan fingerprint density at radius 1 is 1.32 bits per heavy atom. The number of alkyl halides is 2. The van der Waals surface area contributed by atoms with Gasteiger partial charge in [0.2, 0.25) is 5.82 Å². The van der Waals surface area contributed by atoms with E-state index < -0.39 is 5.92 Å².